The fraction of sp³-hybridized carbons (Fsp3) is 0.591. The van der Waals surface area contributed by atoms with Gasteiger partial charge in [0.15, 0.2) is 0 Å². The van der Waals surface area contributed by atoms with E-state index in [4.69, 9.17) is 4.74 Å². The predicted molar refractivity (Wildman–Crippen MR) is 106 cm³/mol. The van der Waals surface area contributed by atoms with Crippen LogP contribution in [-0.2, 0) is 4.74 Å². The fourth-order valence-electron chi connectivity index (χ4n) is 4.94. The molecule has 4 rings (SSSR count). The number of aryl methyl sites for hydroxylation is 1. The van der Waals surface area contributed by atoms with E-state index >= 15 is 0 Å². The molecule has 140 valence electrons. The molecular formula is C22H31N3O. The Balaban J connectivity index is 1.44. The zero-order valence-electron chi connectivity index (χ0n) is 16.4. The molecule has 4 heteroatoms. The van der Waals surface area contributed by atoms with Crippen molar-refractivity contribution in [1.29, 1.82) is 0 Å². The molecule has 1 aromatic heterocycles. The summed E-state index contributed by atoms with van der Waals surface area (Å²) < 4.78 is 6.14. The molecule has 2 aromatic rings. The van der Waals surface area contributed by atoms with Crippen LogP contribution in [0.25, 0.3) is 10.9 Å². The highest BCUT2D eigenvalue weighted by Gasteiger charge is 2.31. The number of nitrogens with one attached hydrogen (secondary N) is 2. The Kier molecular flexibility index (Phi) is 4.89. The molecule has 0 aliphatic carbocycles. The average Bonchev–Trinajstić information content (AvgIpc) is 3.00. The Hall–Kier alpha value is -1.65. The van der Waals surface area contributed by atoms with Crippen LogP contribution in [0, 0.1) is 12.8 Å². The van der Waals surface area contributed by atoms with Gasteiger partial charge in [0.05, 0.1) is 23.9 Å². The molecule has 4 unspecified atom stereocenters. The van der Waals surface area contributed by atoms with Gasteiger partial charge in [-0.2, -0.15) is 5.10 Å². The molecule has 5 atom stereocenters. The van der Waals surface area contributed by atoms with Crippen molar-refractivity contribution in [2.45, 2.75) is 71.1 Å². The summed E-state index contributed by atoms with van der Waals surface area (Å²) in [5.41, 5.74) is 5.45. The first-order valence-corrected chi connectivity index (χ1v) is 9.99. The van der Waals surface area contributed by atoms with E-state index < -0.39 is 0 Å². The number of rotatable bonds is 3. The molecule has 3 heterocycles. The SMILES string of the molecule is CC1=CC(CC2C[C@H](C)C(c3cc4[nH]ncc4cc3C)CN2)OC(C)C1. The number of fused-ring (bicyclic) bond motifs is 1. The molecule has 2 aliphatic rings. The fourth-order valence-corrected chi connectivity index (χ4v) is 4.94. The van der Waals surface area contributed by atoms with Crippen molar-refractivity contribution < 1.29 is 4.74 Å². The summed E-state index contributed by atoms with van der Waals surface area (Å²) in [5, 5.41) is 12.3. The molecule has 0 spiro atoms. The van der Waals surface area contributed by atoms with Crippen molar-refractivity contribution in [3.8, 4) is 0 Å². The van der Waals surface area contributed by atoms with Gasteiger partial charge in [0.25, 0.3) is 0 Å². The van der Waals surface area contributed by atoms with Crippen LogP contribution in [0.3, 0.4) is 0 Å². The molecular weight excluding hydrogens is 322 g/mol. The number of H-pyrrole nitrogens is 1. The molecule has 2 N–H and O–H groups in total. The van der Waals surface area contributed by atoms with Gasteiger partial charge in [0.2, 0.25) is 0 Å². The van der Waals surface area contributed by atoms with Crippen molar-refractivity contribution in [3.63, 3.8) is 0 Å². The van der Waals surface area contributed by atoms with Gasteiger partial charge in [-0.3, -0.25) is 5.10 Å². The van der Waals surface area contributed by atoms with Crippen LogP contribution in [-0.4, -0.2) is 35.0 Å². The maximum atomic E-state index is 6.14. The maximum Gasteiger partial charge on any atom is 0.0776 e. The van der Waals surface area contributed by atoms with Crippen molar-refractivity contribution in [2.75, 3.05) is 6.54 Å². The topological polar surface area (TPSA) is 49.9 Å². The van der Waals surface area contributed by atoms with E-state index in [0.717, 1.165) is 24.9 Å². The Bertz CT molecular complexity index is 809. The van der Waals surface area contributed by atoms with Crippen LogP contribution in [0.1, 0.15) is 57.1 Å². The summed E-state index contributed by atoms with van der Waals surface area (Å²) >= 11 is 0. The molecule has 26 heavy (non-hydrogen) atoms. The molecule has 1 fully saturated rings. The van der Waals surface area contributed by atoms with E-state index in [1.165, 1.54) is 28.5 Å². The number of hydrogen-bond acceptors (Lipinski definition) is 3. The summed E-state index contributed by atoms with van der Waals surface area (Å²) in [6, 6.07) is 5.10. The number of hydrogen-bond donors (Lipinski definition) is 2. The minimum absolute atomic E-state index is 0.267. The zero-order valence-corrected chi connectivity index (χ0v) is 16.4. The van der Waals surface area contributed by atoms with Gasteiger partial charge >= 0.3 is 0 Å². The lowest BCUT2D eigenvalue weighted by Gasteiger charge is -2.38. The van der Waals surface area contributed by atoms with E-state index in [1.54, 1.807) is 0 Å². The number of aromatic amines is 1. The van der Waals surface area contributed by atoms with Gasteiger partial charge in [-0.25, -0.2) is 0 Å². The zero-order chi connectivity index (χ0) is 18.3. The third-order valence-corrected chi connectivity index (χ3v) is 6.20. The Morgan fingerprint density at radius 1 is 1.23 bits per heavy atom. The van der Waals surface area contributed by atoms with Crippen LogP contribution < -0.4 is 5.32 Å². The molecule has 0 bridgehead atoms. The second kappa shape index (κ2) is 7.16. The van der Waals surface area contributed by atoms with Gasteiger partial charge in [0, 0.05) is 18.0 Å². The molecule has 4 nitrogen and oxygen atoms in total. The number of ether oxygens (including phenoxy) is 1. The first-order chi connectivity index (χ1) is 12.5. The van der Waals surface area contributed by atoms with Crippen molar-refractivity contribution in [2.24, 2.45) is 5.92 Å². The smallest absolute Gasteiger partial charge is 0.0776 e. The van der Waals surface area contributed by atoms with Crippen LogP contribution in [0.2, 0.25) is 0 Å². The largest absolute Gasteiger partial charge is 0.371 e. The van der Waals surface area contributed by atoms with Crippen LogP contribution >= 0.6 is 0 Å². The molecule has 0 radical (unpaired) electrons. The highest BCUT2D eigenvalue weighted by atomic mass is 16.5. The van der Waals surface area contributed by atoms with Gasteiger partial charge < -0.3 is 10.1 Å². The van der Waals surface area contributed by atoms with Crippen molar-refractivity contribution >= 4 is 10.9 Å². The van der Waals surface area contributed by atoms with Crippen LogP contribution in [0.5, 0.6) is 0 Å². The molecule has 2 aliphatic heterocycles. The lowest BCUT2D eigenvalue weighted by molar-refractivity contribution is 0.00253. The summed E-state index contributed by atoms with van der Waals surface area (Å²) in [6.07, 6.45) is 8.21. The number of aromatic nitrogens is 2. The maximum absolute atomic E-state index is 6.14. The lowest BCUT2D eigenvalue weighted by Crippen LogP contribution is -2.44. The van der Waals surface area contributed by atoms with Crippen molar-refractivity contribution in [3.05, 3.63) is 41.1 Å². The van der Waals surface area contributed by atoms with E-state index in [9.17, 15) is 0 Å². The minimum atomic E-state index is 0.267. The Morgan fingerprint density at radius 3 is 2.85 bits per heavy atom. The van der Waals surface area contributed by atoms with E-state index in [1.807, 2.05) is 6.20 Å². The van der Waals surface area contributed by atoms with Gasteiger partial charge in [-0.05, 0) is 75.1 Å². The van der Waals surface area contributed by atoms with Gasteiger partial charge in [0.1, 0.15) is 0 Å². The van der Waals surface area contributed by atoms with Gasteiger partial charge in [-0.15, -0.1) is 0 Å². The number of benzene rings is 1. The third-order valence-electron chi connectivity index (χ3n) is 6.20. The Labute approximate surface area is 156 Å². The lowest BCUT2D eigenvalue weighted by atomic mass is 9.77. The number of nitrogens with zero attached hydrogens (tertiary/aromatic N) is 1. The predicted octanol–water partition coefficient (Wildman–Crippen LogP) is 4.47. The van der Waals surface area contributed by atoms with Crippen molar-refractivity contribution in [1.82, 2.24) is 15.5 Å². The second-order valence-electron chi connectivity index (χ2n) is 8.53. The van der Waals surface area contributed by atoms with E-state index in [-0.39, 0.29) is 6.10 Å². The quantitative estimate of drug-likeness (QED) is 0.801. The van der Waals surface area contributed by atoms with E-state index in [2.05, 4.69) is 61.4 Å². The number of piperidine rings is 1. The average molecular weight is 354 g/mol. The standard InChI is InChI=1S/C22H31N3O/c1-13-5-16(4)26-19(6-13)9-18-8-15(3)21(12-23-18)20-10-22-17(7-14(20)2)11-24-25-22/h6-7,10-11,15-16,18-19,21,23H,5,8-9,12H2,1-4H3,(H,24,25)/t15-,16?,18?,19?,21?/m0/s1. The summed E-state index contributed by atoms with van der Waals surface area (Å²) in [7, 11) is 0. The molecule has 1 aromatic carbocycles. The van der Waals surface area contributed by atoms with Crippen LogP contribution in [0.4, 0.5) is 0 Å². The summed E-state index contributed by atoms with van der Waals surface area (Å²) in [5.74, 6) is 1.22. The third kappa shape index (κ3) is 3.58. The van der Waals surface area contributed by atoms with Crippen LogP contribution in [0.15, 0.2) is 30.0 Å². The summed E-state index contributed by atoms with van der Waals surface area (Å²) in [6.45, 7) is 10.1. The molecule has 1 saturated heterocycles. The Morgan fingerprint density at radius 2 is 2.08 bits per heavy atom. The molecule has 0 saturated carbocycles. The molecule has 0 amide bonds. The monoisotopic (exact) mass is 353 g/mol. The highest BCUT2D eigenvalue weighted by molar-refractivity contribution is 5.79. The van der Waals surface area contributed by atoms with Gasteiger partial charge in [-0.1, -0.05) is 18.6 Å². The minimum Gasteiger partial charge on any atom is -0.371 e. The normalized spacial score (nSPS) is 32.6. The second-order valence-corrected chi connectivity index (χ2v) is 8.53. The first-order valence-electron chi connectivity index (χ1n) is 9.99. The first kappa shape index (κ1) is 17.7. The highest BCUT2D eigenvalue weighted by Crippen LogP contribution is 2.35. The van der Waals surface area contributed by atoms with E-state index in [0.29, 0.717) is 24.0 Å². The summed E-state index contributed by atoms with van der Waals surface area (Å²) in [4.78, 5) is 0.